The molecular formula is C26H29ClN4O. The first-order chi connectivity index (χ1) is 15.6. The van der Waals surface area contributed by atoms with Crippen LogP contribution in [-0.2, 0) is 6.54 Å². The van der Waals surface area contributed by atoms with Crippen LogP contribution in [0.4, 0.5) is 11.5 Å². The van der Waals surface area contributed by atoms with Crippen LogP contribution >= 0.6 is 11.6 Å². The zero-order chi connectivity index (χ0) is 22.3. The quantitative estimate of drug-likeness (QED) is 0.492. The van der Waals surface area contributed by atoms with Gasteiger partial charge in [0.2, 0.25) is 0 Å². The molecule has 0 aliphatic carbocycles. The van der Waals surface area contributed by atoms with Gasteiger partial charge in [-0.25, -0.2) is 4.98 Å². The number of para-hydroxylation sites is 1. The van der Waals surface area contributed by atoms with E-state index in [0.29, 0.717) is 22.3 Å². The topological polar surface area (TPSA) is 57.3 Å². The molecule has 0 bridgehead atoms. The average Bonchev–Trinajstić information content (AvgIpc) is 2.80. The normalized spacial score (nSPS) is 14.8. The van der Waals surface area contributed by atoms with Crippen molar-refractivity contribution in [3.05, 3.63) is 88.6 Å². The molecule has 2 heterocycles. The van der Waals surface area contributed by atoms with Crippen LogP contribution in [0.1, 0.15) is 34.3 Å². The minimum Gasteiger partial charge on any atom is -0.384 e. The highest BCUT2D eigenvalue weighted by Crippen LogP contribution is 2.22. The number of carbonyl (C=O) groups excluding carboxylic acids is 1. The molecule has 1 saturated heterocycles. The van der Waals surface area contributed by atoms with Crippen molar-refractivity contribution in [2.45, 2.75) is 26.3 Å². The number of pyridine rings is 1. The Labute approximate surface area is 194 Å². The van der Waals surface area contributed by atoms with Crippen LogP contribution < -0.4 is 10.6 Å². The van der Waals surface area contributed by atoms with E-state index in [1.165, 1.54) is 17.3 Å². The SMILES string of the molecule is Cc1cccc(CN2CCC(CNc3ccccc3C(=O)Nc3ccc(Cl)cn3)CC2)c1. The lowest BCUT2D eigenvalue weighted by molar-refractivity contribution is 0.102. The second-order valence-electron chi connectivity index (χ2n) is 8.45. The van der Waals surface area contributed by atoms with Crippen molar-refractivity contribution >= 4 is 29.0 Å². The number of aryl methyl sites for hydroxylation is 1. The van der Waals surface area contributed by atoms with Gasteiger partial charge in [-0.2, -0.15) is 0 Å². The van der Waals surface area contributed by atoms with E-state index in [1.54, 1.807) is 12.1 Å². The molecule has 1 aliphatic heterocycles. The second kappa shape index (κ2) is 10.6. The molecule has 1 amide bonds. The van der Waals surface area contributed by atoms with Crippen LogP contribution in [0.25, 0.3) is 0 Å². The van der Waals surface area contributed by atoms with Gasteiger partial charge in [0, 0.05) is 25.0 Å². The molecule has 0 spiro atoms. The van der Waals surface area contributed by atoms with E-state index in [2.05, 4.69) is 51.7 Å². The summed E-state index contributed by atoms with van der Waals surface area (Å²) in [6.45, 7) is 6.23. The summed E-state index contributed by atoms with van der Waals surface area (Å²) in [5.41, 5.74) is 4.16. The van der Waals surface area contributed by atoms with Gasteiger partial charge in [0.05, 0.1) is 10.6 Å². The number of likely N-dealkylation sites (tertiary alicyclic amines) is 1. The van der Waals surface area contributed by atoms with Crippen molar-refractivity contribution in [2.24, 2.45) is 5.92 Å². The van der Waals surface area contributed by atoms with Gasteiger partial charge >= 0.3 is 0 Å². The van der Waals surface area contributed by atoms with Gasteiger partial charge in [0.15, 0.2) is 0 Å². The van der Waals surface area contributed by atoms with Crippen LogP contribution in [0.15, 0.2) is 66.9 Å². The molecule has 4 rings (SSSR count). The fourth-order valence-corrected chi connectivity index (χ4v) is 4.25. The second-order valence-corrected chi connectivity index (χ2v) is 8.89. The number of benzene rings is 2. The summed E-state index contributed by atoms with van der Waals surface area (Å²) in [5.74, 6) is 0.892. The lowest BCUT2D eigenvalue weighted by atomic mass is 9.96. The zero-order valence-electron chi connectivity index (χ0n) is 18.4. The van der Waals surface area contributed by atoms with Gasteiger partial charge in [-0.15, -0.1) is 0 Å². The van der Waals surface area contributed by atoms with Crippen LogP contribution in [-0.4, -0.2) is 35.4 Å². The van der Waals surface area contributed by atoms with E-state index in [1.807, 2.05) is 24.3 Å². The van der Waals surface area contributed by atoms with Gasteiger partial charge in [0.25, 0.3) is 5.91 Å². The molecule has 1 aromatic heterocycles. The number of piperidine rings is 1. The Morgan fingerprint density at radius 1 is 1.09 bits per heavy atom. The third-order valence-electron chi connectivity index (χ3n) is 5.92. The largest absolute Gasteiger partial charge is 0.384 e. The molecule has 2 N–H and O–H groups in total. The first kappa shape index (κ1) is 22.3. The lowest BCUT2D eigenvalue weighted by Gasteiger charge is -2.32. The van der Waals surface area contributed by atoms with Crippen molar-refractivity contribution in [1.82, 2.24) is 9.88 Å². The van der Waals surface area contributed by atoms with E-state index in [4.69, 9.17) is 11.6 Å². The Hall–Kier alpha value is -2.89. The van der Waals surface area contributed by atoms with Crippen molar-refractivity contribution in [2.75, 3.05) is 30.3 Å². The maximum Gasteiger partial charge on any atom is 0.258 e. The fraction of sp³-hybridized carbons (Fsp3) is 0.308. The number of nitrogens with zero attached hydrogens (tertiary/aromatic N) is 2. The van der Waals surface area contributed by atoms with Crippen LogP contribution in [0, 0.1) is 12.8 Å². The highest BCUT2D eigenvalue weighted by atomic mass is 35.5. The van der Waals surface area contributed by atoms with Crippen molar-refractivity contribution in [3.63, 3.8) is 0 Å². The zero-order valence-corrected chi connectivity index (χ0v) is 19.1. The van der Waals surface area contributed by atoms with E-state index in [9.17, 15) is 4.79 Å². The Morgan fingerprint density at radius 2 is 1.91 bits per heavy atom. The number of hydrogen-bond acceptors (Lipinski definition) is 4. The Morgan fingerprint density at radius 3 is 2.66 bits per heavy atom. The number of halogens is 1. The summed E-state index contributed by atoms with van der Waals surface area (Å²) in [4.78, 5) is 19.5. The summed E-state index contributed by atoms with van der Waals surface area (Å²) < 4.78 is 0. The maximum absolute atomic E-state index is 12.8. The predicted molar refractivity (Wildman–Crippen MR) is 131 cm³/mol. The molecule has 2 aromatic carbocycles. The van der Waals surface area contributed by atoms with Gasteiger partial charge < -0.3 is 10.6 Å². The first-order valence-electron chi connectivity index (χ1n) is 11.1. The van der Waals surface area contributed by atoms with Gasteiger partial charge in [-0.05, 0) is 68.6 Å². The van der Waals surface area contributed by atoms with Crippen LogP contribution in [0.5, 0.6) is 0 Å². The molecule has 1 aliphatic rings. The average molecular weight is 449 g/mol. The van der Waals surface area contributed by atoms with Gasteiger partial charge in [0.1, 0.15) is 5.82 Å². The number of rotatable bonds is 7. The standard InChI is InChI=1S/C26H29ClN4O/c1-19-5-4-6-21(15-19)18-31-13-11-20(12-14-31)16-28-24-8-3-2-7-23(24)26(32)30-25-10-9-22(27)17-29-25/h2-10,15,17,20,28H,11-14,16,18H2,1H3,(H,29,30,32). The highest BCUT2D eigenvalue weighted by molar-refractivity contribution is 6.30. The minimum atomic E-state index is -0.184. The Bertz CT molecular complexity index is 1050. The summed E-state index contributed by atoms with van der Waals surface area (Å²) in [6, 6.07) is 19.8. The lowest BCUT2D eigenvalue weighted by Crippen LogP contribution is -2.35. The van der Waals surface area contributed by atoms with Gasteiger partial charge in [-0.1, -0.05) is 53.6 Å². The molecule has 0 saturated carbocycles. The maximum atomic E-state index is 12.8. The molecule has 0 radical (unpaired) electrons. The van der Waals surface area contributed by atoms with E-state index < -0.39 is 0 Å². The monoisotopic (exact) mass is 448 g/mol. The molecule has 5 nitrogen and oxygen atoms in total. The number of amides is 1. The van der Waals surface area contributed by atoms with E-state index >= 15 is 0 Å². The molecular weight excluding hydrogens is 420 g/mol. The number of nitrogens with one attached hydrogen (secondary N) is 2. The molecule has 32 heavy (non-hydrogen) atoms. The number of aromatic nitrogens is 1. The molecule has 0 atom stereocenters. The Balaban J connectivity index is 1.29. The third kappa shape index (κ3) is 6.09. The molecule has 6 heteroatoms. The number of anilines is 2. The fourth-order valence-electron chi connectivity index (χ4n) is 4.14. The minimum absolute atomic E-state index is 0.184. The molecule has 1 fully saturated rings. The Kier molecular flexibility index (Phi) is 7.40. The summed E-state index contributed by atoms with van der Waals surface area (Å²) >= 11 is 5.87. The van der Waals surface area contributed by atoms with E-state index in [0.717, 1.165) is 44.7 Å². The molecule has 166 valence electrons. The smallest absolute Gasteiger partial charge is 0.258 e. The molecule has 0 unspecified atom stereocenters. The number of hydrogen-bond donors (Lipinski definition) is 2. The van der Waals surface area contributed by atoms with Crippen LogP contribution in [0.2, 0.25) is 5.02 Å². The summed E-state index contributed by atoms with van der Waals surface area (Å²) in [7, 11) is 0. The van der Waals surface area contributed by atoms with Crippen molar-refractivity contribution in [1.29, 1.82) is 0 Å². The first-order valence-corrected chi connectivity index (χ1v) is 11.5. The van der Waals surface area contributed by atoms with Crippen molar-refractivity contribution < 1.29 is 4.79 Å². The summed E-state index contributed by atoms with van der Waals surface area (Å²) in [5, 5.41) is 6.89. The van der Waals surface area contributed by atoms with Crippen LogP contribution in [0.3, 0.4) is 0 Å². The van der Waals surface area contributed by atoms with Gasteiger partial charge in [-0.3, -0.25) is 9.69 Å². The summed E-state index contributed by atoms with van der Waals surface area (Å²) in [6.07, 6.45) is 3.83. The van der Waals surface area contributed by atoms with E-state index in [-0.39, 0.29) is 5.91 Å². The highest BCUT2D eigenvalue weighted by Gasteiger charge is 2.20. The number of carbonyl (C=O) groups is 1. The molecule has 3 aromatic rings. The van der Waals surface area contributed by atoms with Crippen molar-refractivity contribution in [3.8, 4) is 0 Å². The third-order valence-corrected chi connectivity index (χ3v) is 6.14. The predicted octanol–water partition coefficient (Wildman–Crippen LogP) is 5.62.